The van der Waals surface area contributed by atoms with E-state index in [4.69, 9.17) is 4.98 Å². The third-order valence-electron chi connectivity index (χ3n) is 4.49. The Balaban J connectivity index is 1.82. The minimum Gasteiger partial charge on any atom is -0.390 e. The fourth-order valence-electron chi connectivity index (χ4n) is 3.28. The van der Waals surface area contributed by atoms with Crippen LogP contribution in [0.4, 0.5) is 0 Å². The van der Waals surface area contributed by atoms with E-state index >= 15 is 0 Å². The first-order valence-corrected chi connectivity index (χ1v) is 7.38. The standard InChI is InChI=1S/C14H24N4O/c1-17-7-5-15-9-11(17)8-14-16-12(10-19)13-4-2-3-6-18(13)14/h11,15,19H,2-10H2,1H3. The molecular formula is C14H24N4O. The molecule has 0 saturated carbocycles. The summed E-state index contributed by atoms with van der Waals surface area (Å²) < 4.78 is 2.36. The van der Waals surface area contributed by atoms with E-state index in [1.165, 1.54) is 24.4 Å². The summed E-state index contributed by atoms with van der Waals surface area (Å²) in [6, 6.07) is 0.522. The summed E-state index contributed by atoms with van der Waals surface area (Å²) in [7, 11) is 2.19. The molecule has 5 heteroatoms. The van der Waals surface area contributed by atoms with Crippen LogP contribution in [0.25, 0.3) is 0 Å². The molecule has 19 heavy (non-hydrogen) atoms. The van der Waals surface area contributed by atoms with Crippen molar-refractivity contribution in [1.82, 2.24) is 19.8 Å². The topological polar surface area (TPSA) is 53.3 Å². The van der Waals surface area contributed by atoms with Crippen LogP contribution in [-0.4, -0.2) is 52.3 Å². The molecule has 1 aromatic rings. The minimum atomic E-state index is 0.0775. The number of likely N-dealkylation sites (N-methyl/N-ethyl adjacent to an activating group) is 1. The van der Waals surface area contributed by atoms with Gasteiger partial charge in [0.15, 0.2) is 0 Å². The lowest BCUT2D eigenvalue weighted by Crippen LogP contribution is -2.50. The quantitative estimate of drug-likeness (QED) is 0.816. The Kier molecular flexibility index (Phi) is 3.86. The van der Waals surface area contributed by atoms with Gasteiger partial charge >= 0.3 is 0 Å². The molecule has 1 fully saturated rings. The van der Waals surface area contributed by atoms with Gasteiger partial charge < -0.3 is 19.9 Å². The van der Waals surface area contributed by atoms with Gasteiger partial charge in [-0.25, -0.2) is 4.98 Å². The lowest BCUT2D eigenvalue weighted by atomic mass is 10.1. The monoisotopic (exact) mass is 264 g/mol. The molecule has 1 saturated heterocycles. The molecule has 2 aliphatic heterocycles. The van der Waals surface area contributed by atoms with E-state index in [9.17, 15) is 5.11 Å². The maximum absolute atomic E-state index is 9.47. The lowest BCUT2D eigenvalue weighted by molar-refractivity contribution is 0.195. The number of fused-ring (bicyclic) bond motifs is 1. The molecule has 2 N–H and O–H groups in total. The third kappa shape index (κ3) is 2.55. The Morgan fingerprint density at radius 3 is 3.05 bits per heavy atom. The maximum atomic E-state index is 9.47. The van der Waals surface area contributed by atoms with Crippen molar-refractivity contribution in [2.24, 2.45) is 0 Å². The van der Waals surface area contributed by atoms with Gasteiger partial charge in [-0.15, -0.1) is 0 Å². The molecule has 0 spiro atoms. The molecular weight excluding hydrogens is 240 g/mol. The number of rotatable bonds is 3. The molecule has 0 bridgehead atoms. The van der Waals surface area contributed by atoms with E-state index in [-0.39, 0.29) is 6.61 Å². The van der Waals surface area contributed by atoms with Gasteiger partial charge in [0.1, 0.15) is 5.82 Å². The summed E-state index contributed by atoms with van der Waals surface area (Å²) in [5, 5.41) is 12.9. The average molecular weight is 264 g/mol. The molecule has 0 amide bonds. The van der Waals surface area contributed by atoms with E-state index < -0.39 is 0 Å². The van der Waals surface area contributed by atoms with Crippen molar-refractivity contribution in [3.05, 3.63) is 17.2 Å². The zero-order chi connectivity index (χ0) is 13.2. The minimum absolute atomic E-state index is 0.0775. The van der Waals surface area contributed by atoms with Gasteiger partial charge in [0.25, 0.3) is 0 Å². The van der Waals surface area contributed by atoms with Gasteiger partial charge in [0, 0.05) is 44.3 Å². The molecule has 3 rings (SSSR count). The lowest BCUT2D eigenvalue weighted by Gasteiger charge is -2.33. The van der Waals surface area contributed by atoms with Crippen LogP contribution in [0, 0.1) is 0 Å². The average Bonchev–Trinajstić information content (AvgIpc) is 2.80. The second-order valence-electron chi connectivity index (χ2n) is 5.73. The smallest absolute Gasteiger partial charge is 0.110 e. The van der Waals surface area contributed by atoms with Crippen LogP contribution in [0.5, 0.6) is 0 Å². The number of nitrogens with one attached hydrogen (secondary N) is 1. The van der Waals surface area contributed by atoms with E-state index in [1.807, 2.05) is 0 Å². The fourth-order valence-corrected chi connectivity index (χ4v) is 3.28. The first-order chi connectivity index (χ1) is 9.29. The van der Waals surface area contributed by atoms with Gasteiger partial charge in [-0.3, -0.25) is 0 Å². The van der Waals surface area contributed by atoms with Crippen LogP contribution < -0.4 is 5.32 Å². The molecule has 2 aliphatic rings. The largest absolute Gasteiger partial charge is 0.390 e. The number of hydrogen-bond acceptors (Lipinski definition) is 4. The summed E-state index contributed by atoms with van der Waals surface area (Å²) in [6.45, 7) is 4.36. The van der Waals surface area contributed by atoms with E-state index in [1.54, 1.807) is 0 Å². The molecule has 0 radical (unpaired) electrons. The van der Waals surface area contributed by atoms with Crippen molar-refractivity contribution in [2.45, 2.75) is 44.9 Å². The molecule has 0 aliphatic carbocycles. The van der Waals surface area contributed by atoms with Gasteiger partial charge in [-0.1, -0.05) is 0 Å². The van der Waals surface area contributed by atoms with Gasteiger partial charge in [-0.05, 0) is 26.3 Å². The van der Waals surface area contributed by atoms with Gasteiger partial charge in [0.2, 0.25) is 0 Å². The molecule has 0 aromatic carbocycles. The maximum Gasteiger partial charge on any atom is 0.110 e. The van der Waals surface area contributed by atoms with Gasteiger partial charge in [0.05, 0.1) is 12.3 Å². The van der Waals surface area contributed by atoms with Crippen LogP contribution in [0.2, 0.25) is 0 Å². The van der Waals surface area contributed by atoms with Crippen molar-refractivity contribution in [3.63, 3.8) is 0 Å². The number of piperazine rings is 1. The summed E-state index contributed by atoms with van der Waals surface area (Å²) in [4.78, 5) is 7.11. The summed E-state index contributed by atoms with van der Waals surface area (Å²) in [5.74, 6) is 1.17. The van der Waals surface area contributed by atoms with Crippen LogP contribution in [-0.2, 0) is 26.0 Å². The highest BCUT2D eigenvalue weighted by Crippen LogP contribution is 2.22. The Bertz CT molecular complexity index is 443. The summed E-state index contributed by atoms with van der Waals surface area (Å²) >= 11 is 0. The van der Waals surface area contributed by atoms with E-state index in [0.717, 1.165) is 44.7 Å². The number of hydrogen-bond donors (Lipinski definition) is 2. The number of aliphatic hydroxyl groups excluding tert-OH is 1. The zero-order valence-corrected chi connectivity index (χ0v) is 11.7. The first-order valence-electron chi connectivity index (χ1n) is 7.38. The van der Waals surface area contributed by atoms with Crippen molar-refractivity contribution < 1.29 is 5.11 Å². The highest BCUT2D eigenvalue weighted by atomic mass is 16.3. The second-order valence-corrected chi connectivity index (χ2v) is 5.73. The molecule has 1 atom stereocenters. The molecule has 3 heterocycles. The molecule has 5 nitrogen and oxygen atoms in total. The third-order valence-corrected chi connectivity index (χ3v) is 4.49. The Morgan fingerprint density at radius 1 is 1.37 bits per heavy atom. The van der Waals surface area contributed by atoms with E-state index in [2.05, 4.69) is 21.8 Å². The Labute approximate surface area is 114 Å². The number of aromatic nitrogens is 2. The predicted octanol–water partition coefficient (Wildman–Crippen LogP) is 0.158. The SMILES string of the molecule is CN1CCNCC1Cc1nc(CO)c2n1CCCC2. The first kappa shape index (κ1) is 13.1. The fraction of sp³-hybridized carbons (Fsp3) is 0.786. The van der Waals surface area contributed by atoms with Crippen LogP contribution in [0.1, 0.15) is 30.1 Å². The van der Waals surface area contributed by atoms with Crippen molar-refractivity contribution in [1.29, 1.82) is 0 Å². The number of aliphatic hydroxyl groups is 1. The van der Waals surface area contributed by atoms with Crippen LogP contribution in [0.15, 0.2) is 0 Å². The van der Waals surface area contributed by atoms with E-state index in [0.29, 0.717) is 6.04 Å². The Morgan fingerprint density at radius 2 is 2.26 bits per heavy atom. The zero-order valence-electron chi connectivity index (χ0n) is 11.7. The highest BCUT2D eigenvalue weighted by molar-refractivity contribution is 5.19. The predicted molar refractivity (Wildman–Crippen MR) is 74.1 cm³/mol. The molecule has 106 valence electrons. The second kappa shape index (κ2) is 5.61. The molecule has 1 unspecified atom stereocenters. The highest BCUT2D eigenvalue weighted by Gasteiger charge is 2.24. The number of imidazole rings is 1. The summed E-state index contributed by atoms with van der Waals surface area (Å²) in [6.07, 6.45) is 4.52. The van der Waals surface area contributed by atoms with Gasteiger partial charge in [-0.2, -0.15) is 0 Å². The normalized spacial score (nSPS) is 24.4. The van der Waals surface area contributed by atoms with Crippen LogP contribution in [0.3, 0.4) is 0 Å². The van der Waals surface area contributed by atoms with Crippen molar-refractivity contribution in [2.75, 3.05) is 26.7 Å². The summed E-state index contributed by atoms with van der Waals surface area (Å²) in [5.41, 5.74) is 2.18. The molecule has 1 aromatic heterocycles. The van der Waals surface area contributed by atoms with Crippen molar-refractivity contribution >= 4 is 0 Å². The Hall–Kier alpha value is -0.910. The van der Waals surface area contributed by atoms with Crippen molar-refractivity contribution in [3.8, 4) is 0 Å². The van der Waals surface area contributed by atoms with Crippen LogP contribution >= 0.6 is 0 Å². The number of nitrogens with zero attached hydrogens (tertiary/aromatic N) is 3.